The zero-order valence-corrected chi connectivity index (χ0v) is 11.9. The fourth-order valence-electron chi connectivity index (χ4n) is 1.57. The largest absolute Gasteiger partial charge is 0.298 e. The third kappa shape index (κ3) is 3.59. The molecule has 20 heavy (non-hydrogen) atoms. The molecule has 0 unspecified atom stereocenters. The topological polar surface area (TPSA) is 60.2 Å². The summed E-state index contributed by atoms with van der Waals surface area (Å²) in [6.07, 6.45) is 0.793. The fraction of sp³-hybridized carbons (Fsp3) is 0.0714. The van der Waals surface area contributed by atoms with Crippen LogP contribution in [0.5, 0.6) is 0 Å². The molecule has 0 atom stereocenters. The monoisotopic (exact) mass is 307 g/mol. The van der Waals surface area contributed by atoms with E-state index < -0.39 is 4.92 Å². The van der Waals surface area contributed by atoms with Crippen molar-refractivity contribution in [1.82, 2.24) is 0 Å². The van der Waals surface area contributed by atoms with E-state index in [0.29, 0.717) is 16.3 Å². The molecular weight excluding hydrogens is 298 g/mol. The van der Waals surface area contributed by atoms with E-state index in [2.05, 4.69) is 0 Å². The number of hydrogen-bond donors (Lipinski definition) is 0. The number of nitro groups is 1. The molecule has 2 rings (SSSR count). The first kappa shape index (κ1) is 14.6. The van der Waals surface area contributed by atoms with Gasteiger partial charge in [-0.05, 0) is 23.8 Å². The van der Waals surface area contributed by atoms with Gasteiger partial charge in [0, 0.05) is 28.3 Å². The molecule has 0 spiro atoms. The third-order valence-electron chi connectivity index (χ3n) is 2.66. The van der Waals surface area contributed by atoms with Gasteiger partial charge in [0.1, 0.15) is 6.29 Å². The van der Waals surface area contributed by atoms with Crippen molar-refractivity contribution >= 4 is 35.3 Å². The molecule has 0 saturated heterocycles. The highest BCUT2D eigenvalue weighted by Gasteiger charge is 2.09. The van der Waals surface area contributed by atoms with Crippen LogP contribution >= 0.6 is 23.4 Å². The number of hydrogen-bond acceptors (Lipinski definition) is 4. The van der Waals surface area contributed by atoms with Crippen LogP contribution in [0.3, 0.4) is 0 Å². The maximum Gasteiger partial charge on any atom is 0.270 e. The van der Waals surface area contributed by atoms with E-state index in [0.717, 1.165) is 16.7 Å². The maximum atomic E-state index is 10.6. The fourth-order valence-corrected chi connectivity index (χ4v) is 2.79. The number of carbonyl (C=O) groups excluding carboxylic acids is 1. The first-order valence-electron chi connectivity index (χ1n) is 5.71. The van der Waals surface area contributed by atoms with Crippen LogP contribution in [-0.2, 0) is 5.75 Å². The molecule has 0 amide bonds. The lowest BCUT2D eigenvalue weighted by Crippen LogP contribution is -1.90. The number of nitro benzene ring substituents is 1. The van der Waals surface area contributed by atoms with E-state index in [4.69, 9.17) is 11.6 Å². The van der Waals surface area contributed by atoms with Crippen LogP contribution in [0.25, 0.3) is 0 Å². The van der Waals surface area contributed by atoms with Gasteiger partial charge in [0.25, 0.3) is 5.69 Å². The van der Waals surface area contributed by atoms with Gasteiger partial charge in [0.15, 0.2) is 0 Å². The average molecular weight is 308 g/mol. The average Bonchev–Trinajstić information content (AvgIpc) is 2.46. The predicted octanol–water partition coefficient (Wildman–Crippen LogP) is 4.35. The number of thioether (sulfide) groups is 1. The Hall–Kier alpha value is -1.85. The van der Waals surface area contributed by atoms with Crippen molar-refractivity contribution in [2.24, 2.45) is 0 Å². The summed E-state index contributed by atoms with van der Waals surface area (Å²) in [5.74, 6) is 0.608. The van der Waals surface area contributed by atoms with E-state index in [1.54, 1.807) is 30.0 Å². The lowest BCUT2D eigenvalue weighted by atomic mass is 10.2. The predicted molar refractivity (Wildman–Crippen MR) is 79.5 cm³/mol. The summed E-state index contributed by atoms with van der Waals surface area (Å²) in [5, 5.41) is 11.0. The minimum Gasteiger partial charge on any atom is -0.298 e. The van der Waals surface area contributed by atoms with Crippen LogP contribution in [0.4, 0.5) is 5.69 Å². The van der Waals surface area contributed by atoms with Crippen LogP contribution < -0.4 is 0 Å². The molecule has 2 aromatic carbocycles. The molecule has 0 radical (unpaired) electrons. The summed E-state index contributed by atoms with van der Waals surface area (Å²) in [4.78, 5) is 21.7. The normalized spacial score (nSPS) is 10.2. The summed E-state index contributed by atoms with van der Waals surface area (Å²) < 4.78 is 0. The molecule has 102 valence electrons. The molecule has 0 N–H and O–H groups in total. The van der Waals surface area contributed by atoms with Gasteiger partial charge in [-0.25, -0.2) is 0 Å². The minimum absolute atomic E-state index is 0.0147. The van der Waals surface area contributed by atoms with E-state index in [1.807, 2.05) is 12.1 Å². The van der Waals surface area contributed by atoms with Crippen LogP contribution in [0, 0.1) is 10.1 Å². The van der Waals surface area contributed by atoms with Crippen LogP contribution in [-0.4, -0.2) is 11.2 Å². The molecule has 2 aromatic rings. The Labute approximate surface area is 124 Å². The molecule has 0 aliphatic rings. The smallest absolute Gasteiger partial charge is 0.270 e. The zero-order valence-electron chi connectivity index (χ0n) is 10.3. The van der Waals surface area contributed by atoms with Crippen molar-refractivity contribution in [2.75, 3.05) is 0 Å². The van der Waals surface area contributed by atoms with Crippen LogP contribution in [0.15, 0.2) is 47.4 Å². The Balaban J connectivity index is 2.06. The van der Waals surface area contributed by atoms with Crippen molar-refractivity contribution in [2.45, 2.75) is 10.6 Å². The lowest BCUT2D eigenvalue weighted by Gasteiger charge is -2.04. The Morgan fingerprint density at radius 2 is 1.90 bits per heavy atom. The summed E-state index contributed by atoms with van der Waals surface area (Å²) in [6.45, 7) is 0. The Morgan fingerprint density at radius 3 is 2.45 bits per heavy atom. The molecule has 0 aromatic heterocycles. The van der Waals surface area contributed by atoms with E-state index >= 15 is 0 Å². The first-order chi connectivity index (χ1) is 9.60. The molecule has 0 aliphatic carbocycles. The molecule has 0 aliphatic heterocycles. The van der Waals surface area contributed by atoms with Gasteiger partial charge in [-0.15, -0.1) is 11.8 Å². The van der Waals surface area contributed by atoms with Crippen LogP contribution in [0.1, 0.15) is 15.9 Å². The number of benzene rings is 2. The van der Waals surface area contributed by atoms with Crippen molar-refractivity contribution in [1.29, 1.82) is 0 Å². The lowest BCUT2D eigenvalue weighted by molar-refractivity contribution is -0.384. The highest BCUT2D eigenvalue weighted by molar-refractivity contribution is 7.98. The van der Waals surface area contributed by atoms with E-state index in [1.165, 1.54) is 12.1 Å². The maximum absolute atomic E-state index is 10.6. The number of halogens is 1. The van der Waals surface area contributed by atoms with E-state index in [9.17, 15) is 14.9 Å². The van der Waals surface area contributed by atoms with Gasteiger partial charge in [-0.2, -0.15) is 0 Å². The Morgan fingerprint density at radius 1 is 1.20 bits per heavy atom. The zero-order chi connectivity index (χ0) is 14.5. The molecule has 4 nitrogen and oxygen atoms in total. The first-order valence-corrected chi connectivity index (χ1v) is 7.07. The van der Waals surface area contributed by atoms with Gasteiger partial charge in [-0.3, -0.25) is 14.9 Å². The van der Waals surface area contributed by atoms with E-state index in [-0.39, 0.29) is 5.69 Å². The van der Waals surface area contributed by atoms with Crippen molar-refractivity contribution in [3.63, 3.8) is 0 Å². The van der Waals surface area contributed by atoms with Crippen molar-refractivity contribution in [3.8, 4) is 0 Å². The summed E-state index contributed by atoms with van der Waals surface area (Å²) in [5.41, 5.74) is 1.45. The standard InChI is InChI=1S/C14H10ClNO3S/c15-14-7-12(16(18)19)4-3-11(14)9-20-13-5-1-10(8-17)2-6-13/h1-8H,9H2. The van der Waals surface area contributed by atoms with Crippen LogP contribution in [0.2, 0.25) is 5.02 Å². The molecule has 0 bridgehead atoms. The Kier molecular flexibility index (Phi) is 4.76. The number of rotatable bonds is 5. The van der Waals surface area contributed by atoms with Crippen molar-refractivity contribution in [3.05, 3.63) is 68.7 Å². The number of carbonyl (C=O) groups is 1. The van der Waals surface area contributed by atoms with Crippen molar-refractivity contribution < 1.29 is 9.72 Å². The molecule has 0 heterocycles. The summed E-state index contributed by atoms with van der Waals surface area (Å²) in [7, 11) is 0. The van der Waals surface area contributed by atoms with Gasteiger partial charge in [0.05, 0.1) is 9.95 Å². The second-order valence-electron chi connectivity index (χ2n) is 4.01. The number of nitrogens with zero attached hydrogens (tertiary/aromatic N) is 1. The third-order valence-corrected chi connectivity index (χ3v) is 4.07. The quantitative estimate of drug-likeness (QED) is 0.356. The minimum atomic E-state index is -0.471. The summed E-state index contributed by atoms with van der Waals surface area (Å²) >= 11 is 7.57. The SMILES string of the molecule is O=Cc1ccc(SCc2ccc([N+](=O)[O-])cc2Cl)cc1. The number of non-ortho nitro benzene ring substituents is 1. The molecule has 0 fully saturated rings. The highest BCUT2D eigenvalue weighted by atomic mass is 35.5. The van der Waals surface area contributed by atoms with Gasteiger partial charge < -0.3 is 0 Å². The van der Waals surface area contributed by atoms with Gasteiger partial charge in [-0.1, -0.05) is 23.7 Å². The Bertz CT molecular complexity index is 643. The van der Waals surface area contributed by atoms with Gasteiger partial charge in [0.2, 0.25) is 0 Å². The summed E-state index contributed by atoms with van der Waals surface area (Å²) in [6, 6.07) is 11.7. The molecule has 0 saturated carbocycles. The molecular formula is C14H10ClNO3S. The second-order valence-corrected chi connectivity index (χ2v) is 5.46. The number of aldehydes is 1. The second kappa shape index (κ2) is 6.54. The highest BCUT2D eigenvalue weighted by Crippen LogP contribution is 2.29. The van der Waals surface area contributed by atoms with Gasteiger partial charge >= 0.3 is 0 Å². The molecule has 6 heteroatoms.